The lowest BCUT2D eigenvalue weighted by Crippen LogP contribution is -2.41. The molecule has 0 bridgehead atoms. The van der Waals surface area contributed by atoms with Crippen molar-refractivity contribution in [2.45, 2.75) is 32.2 Å². The number of hydrogen-bond donors (Lipinski definition) is 0. The van der Waals surface area contributed by atoms with Crippen LogP contribution in [0.5, 0.6) is 0 Å². The molecule has 3 heteroatoms. The summed E-state index contributed by atoms with van der Waals surface area (Å²) < 4.78 is 0. The molecule has 18 heavy (non-hydrogen) atoms. The van der Waals surface area contributed by atoms with E-state index in [2.05, 4.69) is 6.92 Å². The van der Waals surface area contributed by atoms with Crippen LogP contribution < -0.4 is 0 Å². The molecule has 1 saturated heterocycles. The largest absolute Gasteiger partial charge is 0.336 e. The van der Waals surface area contributed by atoms with Crippen LogP contribution >= 0.6 is 11.6 Å². The molecule has 1 unspecified atom stereocenters. The van der Waals surface area contributed by atoms with Gasteiger partial charge in [-0.1, -0.05) is 23.7 Å². The van der Waals surface area contributed by atoms with Crippen molar-refractivity contribution in [1.82, 2.24) is 4.90 Å². The molecule has 0 N–H and O–H groups in total. The Kier molecular flexibility index (Phi) is 4.43. The molecule has 1 amide bonds. The molecule has 2 rings (SSSR count). The number of rotatable bonds is 2. The summed E-state index contributed by atoms with van der Waals surface area (Å²) in [6.45, 7) is 3.00. The van der Waals surface area contributed by atoms with E-state index >= 15 is 0 Å². The van der Waals surface area contributed by atoms with Crippen LogP contribution in [0.15, 0.2) is 30.3 Å². The maximum Gasteiger partial charge on any atom is 0.246 e. The van der Waals surface area contributed by atoms with Crippen LogP contribution in [-0.2, 0) is 4.79 Å². The maximum atomic E-state index is 12.1. The van der Waals surface area contributed by atoms with Crippen LogP contribution in [0.4, 0.5) is 0 Å². The third-order valence-electron chi connectivity index (χ3n) is 3.37. The fourth-order valence-electron chi connectivity index (χ4n) is 2.26. The fourth-order valence-corrected chi connectivity index (χ4v) is 2.39. The van der Waals surface area contributed by atoms with Crippen molar-refractivity contribution in [3.05, 3.63) is 40.9 Å². The number of nitrogens with zero attached hydrogens (tertiary/aromatic N) is 1. The van der Waals surface area contributed by atoms with Gasteiger partial charge >= 0.3 is 0 Å². The van der Waals surface area contributed by atoms with E-state index in [1.54, 1.807) is 6.08 Å². The first-order valence-electron chi connectivity index (χ1n) is 6.41. The van der Waals surface area contributed by atoms with E-state index in [1.165, 1.54) is 6.42 Å². The number of likely N-dealkylation sites (tertiary alicyclic amines) is 1. The Morgan fingerprint density at radius 3 is 2.72 bits per heavy atom. The minimum Gasteiger partial charge on any atom is -0.336 e. The van der Waals surface area contributed by atoms with Gasteiger partial charge in [-0.2, -0.15) is 0 Å². The summed E-state index contributed by atoms with van der Waals surface area (Å²) in [4.78, 5) is 14.0. The van der Waals surface area contributed by atoms with E-state index in [-0.39, 0.29) is 5.91 Å². The SMILES string of the molecule is CC1CCCCN1C(=O)C=Cc1ccc(Cl)cc1. The second kappa shape index (κ2) is 6.05. The fraction of sp³-hybridized carbons (Fsp3) is 0.400. The normalized spacial score (nSPS) is 20.3. The molecule has 2 nitrogen and oxygen atoms in total. The summed E-state index contributed by atoms with van der Waals surface area (Å²) >= 11 is 5.82. The van der Waals surface area contributed by atoms with Crippen molar-refractivity contribution in [1.29, 1.82) is 0 Å². The molecular formula is C15H18ClNO. The van der Waals surface area contributed by atoms with Crippen molar-refractivity contribution < 1.29 is 4.79 Å². The van der Waals surface area contributed by atoms with Gasteiger partial charge in [-0.3, -0.25) is 4.79 Å². The molecule has 1 atom stereocenters. The highest BCUT2D eigenvalue weighted by Crippen LogP contribution is 2.17. The topological polar surface area (TPSA) is 20.3 Å². The zero-order valence-electron chi connectivity index (χ0n) is 10.6. The smallest absolute Gasteiger partial charge is 0.246 e. The number of carbonyl (C=O) groups is 1. The molecule has 1 heterocycles. The van der Waals surface area contributed by atoms with Crippen molar-refractivity contribution in [2.75, 3.05) is 6.54 Å². The van der Waals surface area contributed by atoms with E-state index in [1.807, 2.05) is 35.2 Å². The summed E-state index contributed by atoms with van der Waals surface area (Å²) in [5.41, 5.74) is 0.998. The molecule has 1 aromatic rings. The molecule has 1 aliphatic rings. The van der Waals surface area contributed by atoms with Gasteiger partial charge < -0.3 is 4.90 Å². The van der Waals surface area contributed by atoms with Gasteiger partial charge in [0.15, 0.2) is 0 Å². The summed E-state index contributed by atoms with van der Waals surface area (Å²) in [6, 6.07) is 7.84. The van der Waals surface area contributed by atoms with Gasteiger partial charge in [0.2, 0.25) is 5.91 Å². The lowest BCUT2D eigenvalue weighted by atomic mass is 10.0. The number of benzene rings is 1. The third kappa shape index (κ3) is 3.36. The molecule has 1 aliphatic heterocycles. The molecule has 1 fully saturated rings. The Morgan fingerprint density at radius 1 is 1.33 bits per heavy atom. The molecule has 0 saturated carbocycles. The van der Waals surface area contributed by atoms with Crippen molar-refractivity contribution in [3.63, 3.8) is 0 Å². The molecule has 96 valence electrons. The van der Waals surface area contributed by atoms with E-state index in [0.717, 1.165) is 24.9 Å². The second-order valence-corrected chi connectivity index (χ2v) is 5.20. The highest BCUT2D eigenvalue weighted by molar-refractivity contribution is 6.30. The molecule has 0 aliphatic carbocycles. The third-order valence-corrected chi connectivity index (χ3v) is 3.63. The first kappa shape index (κ1) is 13.2. The van der Waals surface area contributed by atoms with E-state index in [4.69, 9.17) is 11.6 Å². The molecule has 0 aromatic heterocycles. The maximum absolute atomic E-state index is 12.1. The van der Waals surface area contributed by atoms with Crippen LogP contribution in [0, 0.1) is 0 Å². The van der Waals surface area contributed by atoms with Crippen molar-refractivity contribution in [3.8, 4) is 0 Å². The van der Waals surface area contributed by atoms with E-state index in [9.17, 15) is 4.79 Å². The predicted octanol–water partition coefficient (Wildman–Crippen LogP) is 3.75. The number of piperidine rings is 1. The Bertz CT molecular complexity index is 438. The minimum absolute atomic E-state index is 0.108. The second-order valence-electron chi connectivity index (χ2n) is 4.76. The number of halogens is 1. The van der Waals surface area contributed by atoms with Gasteiger partial charge in [-0.25, -0.2) is 0 Å². The average Bonchev–Trinajstić information content (AvgIpc) is 2.38. The minimum atomic E-state index is 0.108. The summed E-state index contributed by atoms with van der Waals surface area (Å²) in [7, 11) is 0. The monoisotopic (exact) mass is 263 g/mol. The molecule has 0 radical (unpaired) electrons. The summed E-state index contributed by atoms with van der Waals surface area (Å²) in [5, 5.41) is 0.711. The standard InChI is InChI=1S/C15H18ClNO/c1-12-4-2-3-11-17(12)15(18)10-7-13-5-8-14(16)9-6-13/h5-10,12H,2-4,11H2,1H3. The van der Waals surface area contributed by atoms with Crippen LogP contribution in [0.3, 0.4) is 0 Å². The number of amides is 1. The van der Waals surface area contributed by atoms with Gasteiger partial charge in [0.05, 0.1) is 0 Å². The predicted molar refractivity (Wildman–Crippen MR) is 75.5 cm³/mol. The van der Waals surface area contributed by atoms with Gasteiger partial charge in [0, 0.05) is 23.7 Å². The van der Waals surface area contributed by atoms with Crippen molar-refractivity contribution in [2.24, 2.45) is 0 Å². The van der Waals surface area contributed by atoms with Crippen LogP contribution in [-0.4, -0.2) is 23.4 Å². The van der Waals surface area contributed by atoms with Crippen molar-refractivity contribution >= 4 is 23.6 Å². The molecule has 0 spiro atoms. The Morgan fingerprint density at radius 2 is 2.06 bits per heavy atom. The summed E-state index contributed by atoms with van der Waals surface area (Å²) in [5.74, 6) is 0.108. The van der Waals surface area contributed by atoms with E-state index in [0.29, 0.717) is 11.1 Å². The van der Waals surface area contributed by atoms with Gasteiger partial charge in [-0.15, -0.1) is 0 Å². The number of carbonyl (C=O) groups excluding carboxylic acids is 1. The van der Waals surface area contributed by atoms with Gasteiger partial charge in [0.25, 0.3) is 0 Å². The lowest BCUT2D eigenvalue weighted by molar-refractivity contribution is -0.129. The highest BCUT2D eigenvalue weighted by atomic mass is 35.5. The Balaban J connectivity index is 1.99. The van der Waals surface area contributed by atoms with E-state index < -0.39 is 0 Å². The van der Waals surface area contributed by atoms with Crippen LogP contribution in [0.1, 0.15) is 31.7 Å². The first-order valence-corrected chi connectivity index (χ1v) is 6.79. The van der Waals surface area contributed by atoms with Crippen LogP contribution in [0.25, 0.3) is 6.08 Å². The summed E-state index contributed by atoms with van der Waals surface area (Å²) in [6.07, 6.45) is 6.96. The first-order chi connectivity index (χ1) is 8.66. The Hall–Kier alpha value is -1.28. The quantitative estimate of drug-likeness (QED) is 0.744. The zero-order valence-corrected chi connectivity index (χ0v) is 11.4. The molecule has 1 aromatic carbocycles. The lowest BCUT2D eigenvalue weighted by Gasteiger charge is -2.32. The zero-order chi connectivity index (χ0) is 13.0. The molecular weight excluding hydrogens is 246 g/mol. The van der Waals surface area contributed by atoms with Crippen LogP contribution in [0.2, 0.25) is 5.02 Å². The van der Waals surface area contributed by atoms with Gasteiger partial charge in [0.1, 0.15) is 0 Å². The highest BCUT2D eigenvalue weighted by Gasteiger charge is 2.20. The number of hydrogen-bond acceptors (Lipinski definition) is 1. The Labute approximate surface area is 113 Å². The van der Waals surface area contributed by atoms with Gasteiger partial charge in [-0.05, 0) is 50.0 Å². The average molecular weight is 264 g/mol.